The Kier molecular flexibility index (Phi) is 5.22. The summed E-state index contributed by atoms with van der Waals surface area (Å²) < 4.78 is 5.95. The lowest BCUT2D eigenvalue weighted by molar-refractivity contribution is 0.0280. The summed E-state index contributed by atoms with van der Waals surface area (Å²) in [7, 11) is 3.80. The first-order chi connectivity index (χ1) is 13.6. The minimum atomic E-state index is -0.0209. The zero-order valence-corrected chi connectivity index (χ0v) is 16.8. The molecular weight excluding hydrogens is 352 g/mol. The molecule has 0 unspecified atom stereocenters. The molecule has 1 aliphatic carbocycles. The maximum Gasteiger partial charge on any atom is 0.260 e. The molecule has 1 N–H and O–H groups in total. The smallest absolute Gasteiger partial charge is 0.260 e. The standard InChI is InChI=1S/C22H28N4O2/c1-4-28-20-12-8-6-10-16(20)24-21-13-18-19(14-23-21)26(3)22(27)15-9-5-7-11-17(15)25(18)2/h5,7,9,11,13-14,16,20H,4,6,8,10,12H2,1-3H3,(H,23,24)/t16-,20+/m1/s1. The van der Waals surface area contributed by atoms with Crippen LogP contribution < -0.4 is 15.1 Å². The monoisotopic (exact) mass is 380 g/mol. The molecule has 1 aromatic heterocycles. The molecule has 6 nitrogen and oxygen atoms in total. The average molecular weight is 380 g/mol. The van der Waals surface area contributed by atoms with E-state index in [4.69, 9.17) is 4.74 Å². The van der Waals surface area contributed by atoms with E-state index in [-0.39, 0.29) is 18.1 Å². The second-order valence-corrected chi connectivity index (χ2v) is 7.53. The van der Waals surface area contributed by atoms with E-state index in [1.165, 1.54) is 12.8 Å². The maximum absolute atomic E-state index is 12.9. The molecule has 0 radical (unpaired) electrons. The summed E-state index contributed by atoms with van der Waals surface area (Å²) in [6, 6.07) is 10.0. The molecule has 0 spiro atoms. The number of nitrogens with one attached hydrogen (secondary N) is 1. The van der Waals surface area contributed by atoms with Gasteiger partial charge in [0, 0.05) is 26.8 Å². The van der Waals surface area contributed by atoms with E-state index in [0.717, 1.165) is 42.3 Å². The highest BCUT2D eigenvalue weighted by Crippen LogP contribution is 2.40. The molecule has 2 aromatic rings. The van der Waals surface area contributed by atoms with Crippen LogP contribution in [0, 0.1) is 0 Å². The van der Waals surface area contributed by atoms with Gasteiger partial charge in [-0.2, -0.15) is 0 Å². The second kappa shape index (κ2) is 7.80. The Morgan fingerprint density at radius 3 is 2.71 bits per heavy atom. The molecule has 2 aliphatic rings. The predicted molar refractivity (Wildman–Crippen MR) is 113 cm³/mol. The van der Waals surface area contributed by atoms with E-state index in [0.29, 0.717) is 5.56 Å². The minimum Gasteiger partial charge on any atom is -0.376 e. The van der Waals surface area contributed by atoms with Crippen molar-refractivity contribution >= 4 is 28.8 Å². The van der Waals surface area contributed by atoms with Crippen LogP contribution in [0.5, 0.6) is 0 Å². The number of carbonyl (C=O) groups is 1. The molecule has 1 aliphatic heterocycles. The number of nitrogens with zero attached hydrogens (tertiary/aromatic N) is 3. The zero-order valence-electron chi connectivity index (χ0n) is 16.8. The van der Waals surface area contributed by atoms with Gasteiger partial charge >= 0.3 is 0 Å². The topological polar surface area (TPSA) is 57.7 Å². The van der Waals surface area contributed by atoms with E-state index >= 15 is 0 Å². The SMILES string of the molecule is CCO[C@H]1CCCC[C@H]1Nc1cc2c(cn1)N(C)C(=O)c1ccccc1N2C. The summed E-state index contributed by atoms with van der Waals surface area (Å²) in [6.45, 7) is 2.78. The number of pyridine rings is 1. The predicted octanol–water partition coefficient (Wildman–Crippen LogP) is 4.20. The Hall–Kier alpha value is -2.60. The number of carbonyl (C=O) groups excluding carboxylic acids is 1. The van der Waals surface area contributed by atoms with E-state index in [2.05, 4.69) is 15.2 Å². The van der Waals surface area contributed by atoms with Crippen LogP contribution in [0.1, 0.15) is 43.0 Å². The van der Waals surface area contributed by atoms with Gasteiger partial charge < -0.3 is 19.9 Å². The highest BCUT2D eigenvalue weighted by molar-refractivity contribution is 6.13. The van der Waals surface area contributed by atoms with Crippen molar-refractivity contribution in [3.05, 3.63) is 42.1 Å². The number of para-hydroxylation sites is 1. The largest absolute Gasteiger partial charge is 0.376 e. The van der Waals surface area contributed by atoms with Gasteiger partial charge in [-0.05, 0) is 31.9 Å². The average Bonchev–Trinajstić information content (AvgIpc) is 2.80. The maximum atomic E-state index is 12.9. The minimum absolute atomic E-state index is 0.0209. The van der Waals surface area contributed by atoms with Crippen LogP contribution in [0.25, 0.3) is 0 Å². The fraction of sp³-hybridized carbons (Fsp3) is 0.455. The number of ether oxygens (including phenoxy) is 1. The van der Waals surface area contributed by atoms with Crippen molar-refractivity contribution in [1.29, 1.82) is 0 Å². The summed E-state index contributed by atoms with van der Waals surface area (Å²) in [5.41, 5.74) is 3.36. The molecule has 0 saturated heterocycles. The Morgan fingerprint density at radius 1 is 1.11 bits per heavy atom. The highest BCUT2D eigenvalue weighted by Gasteiger charge is 2.29. The van der Waals surface area contributed by atoms with Crippen molar-refractivity contribution in [2.75, 3.05) is 35.8 Å². The van der Waals surface area contributed by atoms with E-state index in [1.54, 1.807) is 18.1 Å². The molecule has 1 fully saturated rings. The van der Waals surface area contributed by atoms with Gasteiger partial charge in [-0.25, -0.2) is 4.98 Å². The highest BCUT2D eigenvalue weighted by atomic mass is 16.5. The fourth-order valence-electron chi connectivity index (χ4n) is 4.28. The lowest BCUT2D eigenvalue weighted by atomic mass is 9.92. The number of aromatic nitrogens is 1. The van der Waals surface area contributed by atoms with E-state index < -0.39 is 0 Å². The first kappa shape index (κ1) is 18.7. The van der Waals surface area contributed by atoms with Gasteiger partial charge in [0.15, 0.2) is 0 Å². The number of hydrogen-bond acceptors (Lipinski definition) is 5. The fourth-order valence-corrected chi connectivity index (χ4v) is 4.28. The molecule has 0 bridgehead atoms. The summed E-state index contributed by atoms with van der Waals surface area (Å²) >= 11 is 0. The van der Waals surface area contributed by atoms with Crippen LogP contribution in [0.2, 0.25) is 0 Å². The van der Waals surface area contributed by atoms with Crippen molar-refractivity contribution in [3.8, 4) is 0 Å². The molecule has 1 saturated carbocycles. The molecule has 1 aromatic carbocycles. The number of amides is 1. The number of benzene rings is 1. The zero-order chi connectivity index (χ0) is 19.7. The van der Waals surface area contributed by atoms with Gasteiger partial charge in [-0.3, -0.25) is 4.79 Å². The van der Waals surface area contributed by atoms with Crippen LogP contribution in [0.15, 0.2) is 36.5 Å². The first-order valence-electron chi connectivity index (χ1n) is 10.1. The van der Waals surface area contributed by atoms with Crippen molar-refractivity contribution in [3.63, 3.8) is 0 Å². The Bertz CT molecular complexity index is 867. The second-order valence-electron chi connectivity index (χ2n) is 7.53. The quantitative estimate of drug-likeness (QED) is 0.861. The van der Waals surface area contributed by atoms with Crippen molar-refractivity contribution in [2.24, 2.45) is 0 Å². The third-order valence-corrected chi connectivity index (χ3v) is 5.80. The molecule has 148 valence electrons. The molecule has 4 rings (SSSR count). The van der Waals surface area contributed by atoms with Gasteiger partial charge in [0.2, 0.25) is 0 Å². The van der Waals surface area contributed by atoms with Gasteiger partial charge in [-0.1, -0.05) is 25.0 Å². The van der Waals surface area contributed by atoms with Gasteiger partial charge in [0.1, 0.15) is 5.82 Å². The van der Waals surface area contributed by atoms with E-state index in [9.17, 15) is 4.79 Å². The summed E-state index contributed by atoms with van der Waals surface area (Å²) in [5, 5.41) is 3.59. The Labute approximate surface area is 166 Å². The van der Waals surface area contributed by atoms with Crippen molar-refractivity contribution in [1.82, 2.24) is 4.98 Å². The van der Waals surface area contributed by atoms with E-state index in [1.807, 2.05) is 44.3 Å². The Morgan fingerprint density at radius 2 is 1.89 bits per heavy atom. The lowest BCUT2D eigenvalue weighted by Gasteiger charge is -2.32. The van der Waals surface area contributed by atoms with Crippen LogP contribution in [-0.2, 0) is 4.74 Å². The molecule has 28 heavy (non-hydrogen) atoms. The summed E-state index contributed by atoms with van der Waals surface area (Å²) in [5.74, 6) is 0.801. The molecule has 1 amide bonds. The van der Waals surface area contributed by atoms with Crippen molar-refractivity contribution < 1.29 is 9.53 Å². The van der Waals surface area contributed by atoms with Gasteiger partial charge in [-0.15, -0.1) is 0 Å². The van der Waals surface area contributed by atoms with Gasteiger partial charge in [0.05, 0.1) is 41.0 Å². The van der Waals surface area contributed by atoms with Crippen LogP contribution in [-0.4, -0.2) is 43.7 Å². The number of hydrogen-bond donors (Lipinski definition) is 1. The normalized spacial score (nSPS) is 21.8. The summed E-state index contributed by atoms with van der Waals surface area (Å²) in [4.78, 5) is 21.3. The third kappa shape index (κ3) is 3.33. The third-order valence-electron chi connectivity index (χ3n) is 5.80. The van der Waals surface area contributed by atoms with Gasteiger partial charge in [0.25, 0.3) is 5.91 Å². The molecular formula is C22H28N4O2. The molecule has 6 heteroatoms. The molecule has 2 atom stereocenters. The lowest BCUT2D eigenvalue weighted by Crippen LogP contribution is -2.38. The number of anilines is 4. The van der Waals surface area contributed by atoms with Crippen LogP contribution >= 0.6 is 0 Å². The first-order valence-corrected chi connectivity index (χ1v) is 10.1. The number of fused-ring (bicyclic) bond motifs is 2. The summed E-state index contributed by atoms with van der Waals surface area (Å²) in [6.07, 6.45) is 6.60. The van der Waals surface area contributed by atoms with Crippen LogP contribution in [0.4, 0.5) is 22.9 Å². The number of rotatable bonds is 4. The Balaban J connectivity index is 1.67. The van der Waals surface area contributed by atoms with Crippen LogP contribution in [0.3, 0.4) is 0 Å². The van der Waals surface area contributed by atoms with Crippen molar-refractivity contribution in [2.45, 2.75) is 44.8 Å². The molecule has 2 heterocycles.